The van der Waals surface area contributed by atoms with Gasteiger partial charge in [0.1, 0.15) is 18.1 Å². The molecule has 1 aromatic rings. The van der Waals surface area contributed by atoms with Crippen molar-refractivity contribution in [1.29, 1.82) is 0 Å². The first-order valence-electron chi connectivity index (χ1n) is 9.61. The van der Waals surface area contributed by atoms with E-state index in [2.05, 4.69) is 28.6 Å². The molecule has 0 fully saturated rings. The van der Waals surface area contributed by atoms with E-state index in [0.29, 0.717) is 0 Å². The van der Waals surface area contributed by atoms with E-state index in [1.54, 1.807) is 38.1 Å². The number of aliphatic carboxylic acids is 1. The van der Waals surface area contributed by atoms with Gasteiger partial charge in [-0.05, 0) is 18.4 Å². The molecule has 1 aromatic carbocycles. The summed E-state index contributed by atoms with van der Waals surface area (Å²) in [5, 5.41) is 17.0. The number of rotatable bonds is 11. The SMILES string of the molecule is CC(NC(=O)C(N)CS)C(=O)NC(C(=O)NC(Cc1ccccc1)C(=O)O)C(C)C. The van der Waals surface area contributed by atoms with Gasteiger partial charge in [0.2, 0.25) is 17.7 Å². The fourth-order valence-electron chi connectivity index (χ4n) is 2.59. The Bertz CT molecular complexity index is 744. The summed E-state index contributed by atoms with van der Waals surface area (Å²) in [6, 6.07) is 4.99. The van der Waals surface area contributed by atoms with Crippen LogP contribution < -0.4 is 21.7 Å². The topological polar surface area (TPSA) is 151 Å². The Hall–Kier alpha value is -2.59. The van der Waals surface area contributed by atoms with Crippen molar-refractivity contribution in [3.05, 3.63) is 35.9 Å². The molecule has 0 heterocycles. The number of hydrogen-bond acceptors (Lipinski definition) is 6. The van der Waals surface area contributed by atoms with E-state index in [1.807, 2.05) is 6.07 Å². The second kappa shape index (κ2) is 12.2. The molecule has 0 saturated heterocycles. The van der Waals surface area contributed by atoms with Gasteiger partial charge in [0.25, 0.3) is 0 Å². The first-order valence-corrected chi connectivity index (χ1v) is 10.2. The third kappa shape index (κ3) is 8.03. The molecule has 0 saturated carbocycles. The monoisotopic (exact) mass is 438 g/mol. The summed E-state index contributed by atoms with van der Waals surface area (Å²) in [4.78, 5) is 48.6. The standard InChI is InChI=1S/C20H30N4O5S/c1-11(2)16(24-17(25)12(3)22-18(26)14(21)10-30)19(27)23-15(20(28)29)9-13-7-5-4-6-8-13/h4-8,11-12,14-16,30H,9-10,21H2,1-3H3,(H,22,26)(H,23,27)(H,24,25)(H,28,29). The van der Waals surface area contributed by atoms with Crippen molar-refractivity contribution in [3.8, 4) is 0 Å². The predicted molar refractivity (Wildman–Crippen MR) is 116 cm³/mol. The van der Waals surface area contributed by atoms with Crippen LogP contribution in [-0.4, -0.2) is 58.7 Å². The number of nitrogens with two attached hydrogens (primary N) is 1. The Morgan fingerprint density at radius 3 is 2.07 bits per heavy atom. The Morgan fingerprint density at radius 2 is 1.57 bits per heavy atom. The maximum Gasteiger partial charge on any atom is 0.326 e. The molecular weight excluding hydrogens is 408 g/mol. The van der Waals surface area contributed by atoms with Crippen LogP contribution in [0.1, 0.15) is 26.3 Å². The largest absolute Gasteiger partial charge is 0.480 e. The maximum absolute atomic E-state index is 12.7. The fourth-order valence-corrected chi connectivity index (χ4v) is 2.76. The molecule has 0 aliphatic heterocycles. The average molecular weight is 439 g/mol. The minimum atomic E-state index is -1.18. The molecule has 4 atom stereocenters. The number of carbonyl (C=O) groups is 4. The van der Waals surface area contributed by atoms with E-state index in [-0.39, 0.29) is 18.1 Å². The highest BCUT2D eigenvalue weighted by Gasteiger charge is 2.30. The quantitative estimate of drug-likeness (QED) is 0.261. The first kappa shape index (κ1) is 25.4. The smallest absolute Gasteiger partial charge is 0.326 e. The lowest BCUT2D eigenvalue weighted by Gasteiger charge is -2.26. The molecule has 0 spiro atoms. The van der Waals surface area contributed by atoms with E-state index in [0.717, 1.165) is 5.56 Å². The zero-order valence-corrected chi connectivity index (χ0v) is 18.2. The molecule has 0 aromatic heterocycles. The molecule has 0 bridgehead atoms. The van der Waals surface area contributed by atoms with Crippen molar-refractivity contribution in [1.82, 2.24) is 16.0 Å². The van der Waals surface area contributed by atoms with Gasteiger partial charge in [0.05, 0.1) is 6.04 Å². The van der Waals surface area contributed by atoms with Crippen LogP contribution in [0.2, 0.25) is 0 Å². The van der Waals surface area contributed by atoms with Gasteiger partial charge in [-0.1, -0.05) is 44.2 Å². The van der Waals surface area contributed by atoms with Gasteiger partial charge in [0.15, 0.2) is 0 Å². The van der Waals surface area contributed by atoms with Gasteiger partial charge in [-0.15, -0.1) is 0 Å². The third-order valence-corrected chi connectivity index (χ3v) is 4.82. The molecule has 0 aliphatic rings. The number of nitrogens with one attached hydrogen (secondary N) is 3. The highest BCUT2D eigenvalue weighted by atomic mass is 32.1. The lowest BCUT2D eigenvalue weighted by atomic mass is 10.0. The Kier molecular flexibility index (Phi) is 10.3. The van der Waals surface area contributed by atoms with Gasteiger partial charge in [0, 0.05) is 12.2 Å². The molecule has 0 aliphatic carbocycles. The van der Waals surface area contributed by atoms with Crippen LogP contribution >= 0.6 is 12.6 Å². The van der Waals surface area contributed by atoms with E-state index < -0.39 is 47.9 Å². The normalized spacial score (nSPS) is 14.9. The van der Waals surface area contributed by atoms with Crippen molar-refractivity contribution in [2.75, 3.05) is 5.75 Å². The third-order valence-electron chi connectivity index (χ3n) is 4.43. The van der Waals surface area contributed by atoms with E-state index >= 15 is 0 Å². The van der Waals surface area contributed by atoms with Gasteiger partial charge in [-0.25, -0.2) is 4.79 Å². The van der Waals surface area contributed by atoms with Crippen LogP contribution in [0, 0.1) is 5.92 Å². The maximum atomic E-state index is 12.7. The number of amides is 3. The summed E-state index contributed by atoms with van der Waals surface area (Å²) in [6.07, 6.45) is 0.106. The summed E-state index contributed by atoms with van der Waals surface area (Å²) in [5.41, 5.74) is 6.33. The number of benzene rings is 1. The Morgan fingerprint density at radius 1 is 0.967 bits per heavy atom. The van der Waals surface area contributed by atoms with Crippen LogP contribution in [0.5, 0.6) is 0 Å². The van der Waals surface area contributed by atoms with Gasteiger partial charge < -0.3 is 26.8 Å². The lowest BCUT2D eigenvalue weighted by molar-refractivity contribution is -0.142. The van der Waals surface area contributed by atoms with Crippen molar-refractivity contribution < 1.29 is 24.3 Å². The van der Waals surface area contributed by atoms with Crippen LogP contribution in [0.25, 0.3) is 0 Å². The molecule has 10 heteroatoms. The molecule has 166 valence electrons. The highest BCUT2D eigenvalue weighted by molar-refractivity contribution is 7.80. The number of carboxylic acids is 1. The molecule has 9 nitrogen and oxygen atoms in total. The van der Waals surface area contributed by atoms with Crippen molar-refractivity contribution in [3.63, 3.8) is 0 Å². The number of carbonyl (C=O) groups excluding carboxylic acids is 3. The zero-order chi connectivity index (χ0) is 22.8. The highest BCUT2D eigenvalue weighted by Crippen LogP contribution is 2.07. The van der Waals surface area contributed by atoms with Crippen LogP contribution in [0.4, 0.5) is 0 Å². The molecule has 0 radical (unpaired) electrons. The minimum absolute atomic E-state index is 0.106. The number of carboxylic acid groups (broad SMARTS) is 1. The predicted octanol–water partition coefficient (Wildman–Crippen LogP) is -0.299. The number of hydrogen-bond donors (Lipinski definition) is 6. The zero-order valence-electron chi connectivity index (χ0n) is 17.3. The first-order chi connectivity index (χ1) is 14.1. The minimum Gasteiger partial charge on any atom is -0.480 e. The molecule has 30 heavy (non-hydrogen) atoms. The summed E-state index contributed by atoms with van der Waals surface area (Å²) in [7, 11) is 0. The van der Waals surface area contributed by atoms with Crippen molar-refractivity contribution in [2.24, 2.45) is 11.7 Å². The average Bonchev–Trinajstić information content (AvgIpc) is 2.70. The molecular formula is C20H30N4O5S. The fraction of sp³-hybridized carbons (Fsp3) is 0.500. The van der Waals surface area contributed by atoms with Crippen molar-refractivity contribution in [2.45, 2.75) is 51.4 Å². The van der Waals surface area contributed by atoms with Crippen molar-refractivity contribution >= 4 is 36.3 Å². The summed E-state index contributed by atoms with van der Waals surface area (Å²) < 4.78 is 0. The van der Waals surface area contributed by atoms with E-state index in [1.165, 1.54) is 6.92 Å². The second-order valence-electron chi connectivity index (χ2n) is 7.34. The van der Waals surface area contributed by atoms with Gasteiger partial charge in [-0.3, -0.25) is 14.4 Å². The number of thiol groups is 1. The van der Waals surface area contributed by atoms with E-state index in [4.69, 9.17) is 5.73 Å². The molecule has 3 amide bonds. The molecule has 1 rings (SSSR count). The van der Waals surface area contributed by atoms with E-state index in [9.17, 15) is 24.3 Å². The molecule has 4 unspecified atom stereocenters. The lowest BCUT2D eigenvalue weighted by Crippen LogP contribution is -2.58. The summed E-state index contributed by atoms with van der Waals surface area (Å²) in [6.45, 7) is 4.90. The Balaban J connectivity index is 2.79. The Labute approximate surface area is 181 Å². The van der Waals surface area contributed by atoms with Gasteiger partial charge >= 0.3 is 5.97 Å². The van der Waals surface area contributed by atoms with Crippen LogP contribution in [-0.2, 0) is 25.6 Å². The second-order valence-corrected chi connectivity index (χ2v) is 7.70. The van der Waals surface area contributed by atoms with Crippen LogP contribution in [0.15, 0.2) is 30.3 Å². The summed E-state index contributed by atoms with van der Waals surface area (Å²) >= 11 is 3.93. The van der Waals surface area contributed by atoms with Crippen LogP contribution in [0.3, 0.4) is 0 Å². The summed E-state index contributed by atoms with van der Waals surface area (Å²) in [5.74, 6) is -3.11. The molecule has 6 N–H and O–H groups in total. The van der Waals surface area contributed by atoms with Gasteiger partial charge in [-0.2, -0.15) is 12.6 Å².